The highest BCUT2D eigenvalue weighted by Crippen LogP contribution is 2.25. The van der Waals surface area contributed by atoms with E-state index in [0.717, 1.165) is 40.4 Å². The second-order valence-corrected chi connectivity index (χ2v) is 11.0. The van der Waals surface area contributed by atoms with Crippen molar-refractivity contribution in [1.82, 2.24) is 10.2 Å². The third-order valence-electron chi connectivity index (χ3n) is 6.20. The lowest BCUT2D eigenvalue weighted by atomic mass is 10.1. The van der Waals surface area contributed by atoms with Crippen LogP contribution in [0.3, 0.4) is 0 Å². The second-order valence-electron chi connectivity index (χ2n) is 9.13. The number of benzene rings is 3. The first-order valence-electron chi connectivity index (χ1n) is 12.6. The Hall–Kier alpha value is -3.72. The first kappa shape index (κ1) is 28.8. The summed E-state index contributed by atoms with van der Waals surface area (Å²) in [4.78, 5) is 28.1. The summed E-state index contributed by atoms with van der Waals surface area (Å²) in [7, 11) is -4.17. The Kier molecular flexibility index (Phi) is 10.0. The molecule has 7 nitrogen and oxygen atoms in total. The summed E-state index contributed by atoms with van der Waals surface area (Å²) < 4.78 is 41.9. The first-order valence-corrected chi connectivity index (χ1v) is 14.0. The fourth-order valence-electron chi connectivity index (χ4n) is 3.86. The molecule has 1 unspecified atom stereocenters. The number of anilines is 1. The molecule has 0 saturated heterocycles. The van der Waals surface area contributed by atoms with Crippen LogP contribution < -0.4 is 9.62 Å². The van der Waals surface area contributed by atoms with Crippen LogP contribution in [0, 0.1) is 12.7 Å². The minimum atomic E-state index is -4.17. The zero-order valence-electron chi connectivity index (χ0n) is 21.9. The highest BCUT2D eigenvalue weighted by Gasteiger charge is 2.32. The minimum Gasteiger partial charge on any atom is -0.354 e. The Morgan fingerprint density at radius 3 is 2.18 bits per heavy atom. The number of nitrogens with zero attached hydrogens (tertiary/aromatic N) is 2. The van der Waals surface area contributed by atoms with Gasteiger partial charge in [0.05, 0.1) is 10.6 Å². The average Bonchev–Trinajstić information content (AvgIpc) is 2.92. The van der Waals surface area contributed by atoms with Crippen molar-refractivity contribution in [1.29, 1.82) is 0 Å². The zero-order chi connectivity index (χ0) is 27.7. The number of hydrogen-bond acceptors (Lipinski definition) is 4. The third kappa shape index (κ3) is 7.41. The van der Waals surface area contributed by atoms with E-state index >= 15 is 0 Å². The number of nitrogens with one attached hydrogen (secondary N) is 1. The number of halogens is 1. The molecule has 0 heterocycles. The zero-order valence-corrected chi connectivity index (χ0v) is 22.7. The van der Waals surface area contributed by atoms with Crippen molar-refractivity contribution in [3.05, 3.63) is 95.8 Å². The predicted molar refractivity (Wildman–Crippen MR) is 146 cm³/mol. The molecular weight excluding hydrogens is 505 g/mol. The maximum atomic E-state index is 13.8. The number of carbonyl (C=O) groups is 2. The number of aryl methyl sites for hydroxylation is 1. The predicted octanol–water partition coefficient (Wildman–Crippen LogP) is 4.66. The van der Waals surface area contributed by atoms with Crippen molar-refractivity contribution < 1.29 is 22.4 Å². The number of unbranched alkanes of at least 4 members (excludes halogenated alkanes) is 1. The fraction of sp³-hybridized carbons (Fsp3) is 0.310. The maximum absolute atomic E-state index is 13.8. The van der Waals surface area contributed by atoms with Crippen LogP contribution in [0.25, 0.3) is 0 Å². The molecule has 9 heteroatoms. The molecule has 1 N–H and O–H groups in total. The molecule has 3 aromatic carbocycles. The van der Waals surface area contributed by atoms with Crippen molar-refractivity contribution in [2.24, 2.45) is 0 Å². The van der Waals surface area contributed by atoms with Crippen molar-refractivity contribution in [2.75, 3.05) is 17.4 Å². The topological polar surface area (TPSA) is 86.8 Å². The van der Waals surface area contributed by atoms with Gasteiger partial charge in [0, 0.05) is 13.1 Å². The standard InChI is InChI=1S/C29H34FN3O4S/c1-4-5-19-31-29(35)23(3)32(20-24-13-11-22(2)12-14-24)28(34)21-33(26-17-15-25(30)16-18-26)38(36,37)27-9-7-6-8-10-27/h6-18,23H,4-5,19-21H2,1-3H3,(H,31,35). The normalized spacial score (nSPS) is 12.0. The van der Waals surface area contributed by atoms with Crippen molar-refractivity contribution in [3.63, 3.8) is 0 Å². The summed E-state index contributed by atoms with van der Waals surface area (Å²) in [5.41, 5.74) is 1.99. The molecule has 0 spiro atoms. The third-order valence-corrected chi connectivity index (χ3v) is 7.98. The van der Waals surface area contributed by atoms with Crippen LogP contribution in [0.2, 0.25) is 0 Å². The van der Waals surface area contributed by atoms with E-state index in [1.165, 1.54) is 29.2 Å². The maximum Gasteiger partial charge on any atom is 0.264 e. The second kappa shape index (κ2) is 13.2. The van der Waals surface area contributed by atoms with Gasteiger partial charge in [0.25, 0.3) is 10.0 Å². The van der Waals surface area contributed by atoms with Gasteiger partial charge >= 0.3 is 0 Å². The van der Waals surface area contributed by atoms with Crippen molar-refractivity contribution >= 4 is 27.5 Å². The lowest BCUT2D eigenvalue weighted by Crippen LogP contribution is -2.51. The minimum absolute atomic E-state index is 0.00688. The van der Waals surface area contributed by atoms with E-state index in [1.54, 1.807) is 25.1 Å². The van der Waals surface area contributed by atoms with Crippen LogP contribution in [0.5, 0.6) is 0 Å². The quantitative estimate of drug-likeness (QED) is 0.339. The van der Waals surface area contributed by atoms with Crippen LogP contribution in [0.1, 0.15) is 37.8 Å². The molecular formula is C29H34FN3O4S. The summed E-state index contributed by atoms with van der Waals surface area (Å²) in [6, 6.07) is 19.4. The fourth-order valence-corrected chi connectivity index (χ4v) is 5.30. The van der Waals surface area contributed by atoms with E-state index in [9.17, 15) is 22.4 Å². The van der Waals surface area contributed by atoms with Gasteiger partial charge in [-0.1, -0.05) is 61.4 Å². The Balaban J connectivity index is 1.97. The lowest BCUT2D eigenvalue weighted by molar-refractivity contribution is -0.139. The van der Waals surface area contributed by atoms with Gasteiger partial charge in [-0.3, -0.25) is 13.9 Å². The van der Waals surface area contributed by atoms with Crippen LogP contribution >= 0.6 is 0 Å². The highest BCUT2D eigenvalue weighted by molar-refractivity contribution is 7.92. The summed E-state index contributed by atoms with van der Waals surface area (Å²) >= 11 is 0. The number of hydrogen-bond donors (Lipinski definition) is 1. The Labute approximate surface area is 224 Å². The molecule has 202 valence electrons. The number of carbonyl (C=O) groups excluding carboxylic acids is 2. The molecule has 0 aliphatic rings. The Morgan fingerprint density at radius 2 is 1.58 bits per heavy atom. The SMILES string of the molecule is CCCCNC(=O)C(C)N(Cc1ccc(C)cc1)C(=O)CN(c1ccc(F)cc1)S(=O)(=O)c1ccccc1. The Morgan fingerprint density at radius 1 is 0.947 bits per heavy atom. The number of rotatable bonds is 12. The first-order chi connectivity index (χ1) is 18.1. The van der Waals surface area contributed by atoms with Crippen LogP contribution in [-0.4, -0.2) is 44.3 Å². The van der Waals surface area contributed by atoms with Crippen molar-refractivity contribution in [2.45, 2.75) is 51.1 Å². The van der Waals surface area contributed by atoms with Gasteiger partial charge in [-0.05, 0) is 62.2 Å². The number of sulfonamides is 1. The number of amides is 2. The van der Waals surface area contributed by atoms with Crippen LogP contribution in [-0.2, 0) is 26.2 Å². The highest BCUT2D eigenvalue weighted by atomic mass is 32.2. The van der Waals surface area contributed by atoms with E-state index in [2.05, 4.69) is 5.32 Å². The van der Waals surface area contributed by atoms with Gasteiger partial charge in [0.1, 0.15) is 18.4 Å². The summed E-state index contributed by atoms with van der Waals surface area (Å²) in [5.74, 6) is -1.42. The van der Waals surface area contributed by atoms with E-state index < -0.39 is 34.3 Å². The Bertz CT molecular complexity index is 1310. The molecule has 0 bridgehead atoms. The molecule has 0 aromatic heterocycles. The van der Waals surface area contributed by atoms with Gasteiger partial charge < -0.3 is 10.2 Å². The van der Waals surface area contributed by atoms with Crippen molar-refractivity contribution in [3.8, 4) is 0 Å². The lowest BCUT2D eigenvalue weighted by Gasteiger charge is -2.32. The van der Waals surface area contributed by atoms with Gasteiger partial charge in [-0.15, -0.1) is 0 Å². The molecule has 0 aliphatic heterocycles. The summed E-state index contributed by atoms with van der Waals surface area (Å²) in [6.45, 7) is 5.62. The monoisotopic (exact) mass is 539 g/mol. The van der Waals surface area contributed by atoms with Crippen LogP contribution in [0.15, 0.2) is 83.8 Å². The molecule has 0 aliphatic carbocycles. The van der Waals surface area contributed by atoms with E-state index in [0.29, 0.717) is 6.54 Å². The van der Waals surface area contributed by atoms with Crippen LogP contribution in [0.4, 0.5) is 10.1 Å². The van der Waals surface area contributed by atoms with E-state index in [-0.39, 0.29) is 23.0 Å². The molecule has 0 fully saturated rings. The van der Waals surface area contributed by atoms with E-state index in [4.69, 9.17) is 0 Å². The molecule has 2 amide bonds. The molecule has 3 aromatic rings. The molecule has 3 rings (SSSR count). The molecule has 0 saturated carbocycles. The van der Waals surface area contributed by atoms with Gasteiger partial charge in [0.2, 0.25) is 11.8 Å². The van der Waals surface area contributed by atoms with Gasteiger partial charge in [-0.2, -0.15) is 0 Å². The summed E-state index contributed by atoms with van der Waals surface area (Å²) in [6.07, 6.45) is 1.71. The van der Waals surface area contributed by atoms with Gasteiger partial charge in [-0.25, -0.2) is 12.8 Å². The summed E-state index contributed by atoms with van der Waals surface area (Å²) in [5, 5.41) is 2.85. The largest absolute Gasteiger partial charge is 0.354 e. The molecule has 0 radical (unpaired) electrons. The molecule has 38 heavy (non-hydrogen) atoms. The molecule has 1 atom stereocenters. The van der Waals surface area contributed by atoms with Gasteiger partial charge in [0.15, 0.2) is 0 Å². The smallest absolute Gasteiger partial charge is 0.264 e. The van der Waals surface area contributed by atoms with E-state index in [1.807, 2.05) is 38.1 Å². The average molecular weight is 540 g/mol.